The molecule has 0 aliphatic heterocycles. The number of amides is 1. The van der Waals surface area contributed by atoms with Gasteiger partial charge in [-0.15, -0.1) is 0 Å². The van der Waals surface area contributed by atoms with E-state index >= 15 is 0 Å². The number of ether oxygens (including phenoxy) is 1. The van der Waals surface area contributed by atoms with Crippen molar-refractivity contribution >= 4 is 21.8 Å². The highest BCUT2D eigenvalue weighted by molar-refractivity contribution is 9.10. The van der Waals surface area contributed by atoms with Gasteiger partial charge in [-0.2, -0.15) is 0 Å². The molecule has 1 atom stereocenters. The molecule has 1 amide bonds. The summed E-state index contributed by atoms with van der Waals surface area (Å²) < 4.78 is 6.59. The van der Waals surface area contributed by atoms with Gasteiger partial charge in [0.05, 0.1) is 6.04 Å². The Morgan fingerprint density at radius 1 is 1.14 bits per heavy atom. The lowest BCUT2D eigenvalue weighted by atomic mass is 10.1. The minimum absolute atomic E-state index is 0.0176. The van der Waals surface area contributed by atoms with Crippen molar-refractivity contribution in [3.8, 4) is 5.75 Å². The van der Waals surface area contributed by atoms with E-state index in [1.165, 1.54) is 0 Å². The largest absolute Gasteiger partial charge is 0.484 e. The first-order valence-electron chi connectivity index (χ1n) is 7.20. The minimum atomic E-state index is -0.130. The second-order valence-corrected chi connectivity index (χ2v) is 6.37. The number of halogens is 1. The highest BCUT2D eigenvalue weighted by Gasteiger charge is 2.10. The van der Waals surface area contributed by atoms with Crippen molar-refractivity contribution in [2.45, 2.75) is 26.8 Å². The number of benzene rings is 2. The van der Waals surface area contributed by atoms with Crippen LogP contribution in [-0.4, -0.2) is 12.5 Å². The lowest BCUT2D eigenvalue weighted by Gasteiger charge is -2.15. The van der Waals surface area contributed by atoms with E-state index < -0.39 is 0 Å². The Morgan fingerprint density at radius 2 is 1.73 bits per heavy atom. The Kier molecular flexibility index (Phi) is 5.61. The highest BCUT2D eigenvalue weighted by atomic mass is 79.9. The molecule has 116 valence electrons. The van der Waals surface area contributed by atoms with Crippen LogP contribution in [0.1, 0.15) is 29.7 Å². The molecule has 0 aliphatic carbocycles. The summed E-state index contributed by atoms with van der Waals surface area (Å²) >= 11 is 3.40. The number of carbonyl (C=O) groups is 1. The summed E-state index contributed by atoms with van der Waals surface area (Å²) in [6.45, 7) is 5.99. The first-order chi connectivity index (χ1) is 10.4. The Morgan fingerprint density at radius 3 is 2.32 bits per heavy atom. The standard InChI is InChI=1S/C18H20BrNO2/c1-12-8-13(2)10-17(9-12)22-11-18(21)20-14(3)15-4-6-16(19)7-5-15/h4-10,14H,11H2,1-3H3,(H,20,21). The summed E-state index contributed by atoms with van der Waals surface area (Å²) in [6, 6.07) is 13.8. The minimum Gasteiger partial charge on any atom is -0.484 e. The molecule has 1 unspecified atom stereocenters. The third-order valence-electron chi connectivity index (χ3n) is 3.31. The summed E-state index contributed by atoms with van der Waals surface area (Å²) in [5.41, 5.74) is 3.31. The second-order valence-electron chi connectivity index (χ2n) is 5.45. The molecular formula is C18H20BrNO2. The summed E-state index contributed by atoms with van der Waals surface area (Å²) in [7, 11) is 0. The second kappa shape index (κ2) is 7.45. The molecule has 3 nitrogen and oxygen atoms in total. The van der Waals surface area contributed by atoms with E-state index in [0.717, 1.165) is 26.9 Å². The molecule has 0 aromatic heterocycles. The van der Waals surface area contributed by atoms with Gasteiger partial charge in [-0.25, -0.2) is 0 Å². The van der Waals surface area contributed by atoms with Gasteiger partial charge in [0, 0.05) is 4.47 Å². The van der Waals surface area contributed by atoms with Gasteiger partial charge in [-0.3, -0.25) is 4.79 Å². The highest BCUT2D eigenvalue weighted by Crippen LogP contribution is 2.17. The molecule has 2 aromatic carbocycles. The lowest BCUT2D eigenvalue weighted by molar-refractivity contribution is -0.123. The van der Waals surface area contributed by atoms with Crippen molar-refractivity contribution in [2.75, 3.05) is 6.61 Å². The summed E-state index contributed by atoms with van der Waals surface area (Å²) in [4.78, 5) is 12.0. The Bertz CT molecular complexity index is 632. The third kappa shape index (κ3) is 4.88. The molecule has 2 aromatic rings. The zero-order chi connectivity index (χ0) is 16.1. The fraction of sp³-hybridized carbons (Fsp3) is 0.278. The normalized spacial score (nSPS) is 11.8. The maximum absolute atomic E-state index is 12.0. The van der Waals surface area contributed by atoms with Gasteiger partial charge < -0.3 is 10.1 Å². The van der Waals surface area contributed by atoms with Gasteiger partial charge in [0.25, 0.3) is 5.91 Å². The molecule has 22 heavy (non-hydrogen) atoms. The van der Waals surface area contributed by atoms with Crippen LogP contribution in [0.15, 0.2) is 46.9 Å². The number of hydrogen-bond acceptors (Lipinski definition) is 2. The van der Waals surface area contributed by atoms with Gasteiger partial charge in [0.15, 0.2) is 6.61 Å². The molecule has 0 fully saturated rings. The van der Waals surface area contributed by atoms with E-state index in [1.807, 2.05) is 57.2 Å². The van der Waals surface area contributed by atoms with Crippen LogP contribution in [0.25, 0.3) is 0 Å². The SMILES string of the molecule is Cc1cc(C)cc(OCC(=O)NC(C)c2ccc(Br)cc2)c1. The molecule has 0 heterocycles. The fourth-order valence-corrected chi connectivity index (χ4v) is 2.55. The van der Waals surface area contributed by atoms with Gasteiger partial charge in [-0.1, -0.05) is 34.1 Å². The monoisotopic (exact) mass is 361 g/mol. The molecular weight excluding hydrogens is 342 g/mol. The number of hydrogen-bond donors (Lipinski definition) is 1. The molecule has 0 saturated carbocycles. The van der Waals surface area contributed by atoms with Crippen molar-refractivity contribution in [2.24, 2.45) is 0 Å². The Hall–Kier alpha value is -1.81. The van der Waals surface area contributed by atoms with E-state index in [2.05, 4.69) is 27.3 Å². The summed E-state index contributed by atoms with van der Waals surface area (Å²) in [6.07, 6.45) is 0. The fourth-order valence-electron chi connectivity index (χ4n) is 2.28. The van der Waals surface area contributed by atoms with Crippen LogP contribution >= 0.6 is 15.9 Å². The van der Waals surface area contributed by atoms with Gasteiger partial charge in [0.2, 0.25) is 0 Å². The van der Waals surface area contributed by atoms with Crippen LogP contribution in [-0.2, 0) is 4.79 Å². The van der Waals surface area contributed by atoms with Crippen molar-refractivity contribution in [1.29, 1.82) is 0 Å². The van der Waals surface area contributed by atoms with Crippen LogP contribution in [0.2, 0.25) is 0 Å². The van der Waals surface area contributed by atoms with Crippen LogP contribution in [0.3, 0.4) is 0 Å². The van der Waals surface area contributed by atoms with E-state index in [0.29, 0.717) is 0 Å². The van der Waals surface area contributed by atoms with Crippen molar-refractivity contribution in [3.63, 3.8) is 0 Å². The third-order valence-corrected chi connectivity index (χ3v) is 3.84. The van der Waals surface area contributed by atoms with Crippen LogP contribution in [0.5, 0.6) is 5.75 Å². The zero-order valence-electron chi connectivity index (χ0n) is 13.0. The molecule has 0 bridgehead atoms. The Balaban J connectivity index is 1.88. The van der Waals surface area contributed by atoms with Crippen LogP contribution in [0, 0.1) is 13.8 Å². The topological polar surface area (TPSA) is 38.3 Å². The van der Waals surface area contributed by atoms with E-state index in [4.69, 9.17) is 4.74 Å². The van der Waals surface area contributed by atoms with Crippen molar-refractivity contribution in [1.82, 2.24) is 5.32 Å². The number of aryl methyl sites for hydroxylation is 2. The predicted octanol–water partition coefficient (Wildman–Crippen LogP) is 4.32. The molecule has 2 rings (SSSR count). The van der Waals surface area contributed by atoms with Crippen LogP contribution < -0.4 is 10.1 Å². The van der Waals surface area contributed by atoms with Crippen molar-refractivity contribution in [3.05, 3.63) is 63.6 Å². The number of carbonyl (C=O) groups excluding carboxylic acids is 1. The molecule has 1 N–H and O–H groups in total. The van der Waals surface area contributed by atoms with Crippen molar-refractivity contribution < 1.29 is 9.53 Å². The maximum atomic E-state index is 12.0. The molecule has 4 heteroatoms. The van der Waals surface area contributed by atoms with Gasteiger partial charge in [-0.05, 0) is 61.7 Å². The first kappa shape index (κ1) is 16.6. The first-order valence-corrected chi connectivity index (χ1v) is 7.99. The number of nitrogens with one attached hydrogen (secondary N) is 1. The summed E-state index contributed by atoms with van der Waals surface area (Å²) in [5.74, 6) is 0.596. The quantitative estimate of drug-likeness (QED) is 0.860. The van der Waals surface area contributed by atoms with E-state index in [-0.39, 0.29) is 18.6 Å². The van der Waals surface area contributed by atoms with Gasteiger partial charge >= 0.3 is 0 Å². The lowest BCUT2D eigenvalue weighted by Crippen LogP contribution is -2.31. The zero-order valence-corrected chi connectivity index (χ0v) is 14.6. The Labute approximate surface area is 139 Å². The molecule has 0 aliphatic rings. The maximum Gasteiger partial charge on any atom is 0.258 e. The molecule has 0 saturated heterocycles. The average molecular weight is 362 g/mol. The average Bonchev–Trinajstić information content (AvgIpc) is 2.45. The smallest absolute Gasteiger partial charge is 0.258 e. The number of rotatable bonds is 5. The predicted molar refractivity (Wildman–Crippen MR) is 92.1 cm³/mol. The van der Waals surface area contributed by atoms with E-state index in [1.54, 1.807) is 0 Å². The molecule has 0 spiro atoms. The van der Waals surface area contributed by atoms with E-state index in [9.17, 15) is 4.79 Å². The molecule has 0 radical (unpaired) electrons. The van der Waals surface area contributed by atoms with Gasteiger partial charge in [0.1, 0.15) is 5.75 Å². The van der Waals surface area contributed by atoms with Crippen LogP contribution in [0.4, 0.5) is 0 Å². The summed E-state index contributed by atoms with van der Waals surface area (Å²) in [5, 5.41) is 2.94.